The number of rotatable bonds is 3. The average molecular weight is 264 g/mol. The minimum Gasteiger partial charge on any atom is -0.368 e. The summed E-state index contributed by atoms with van der Waals surface area (Å²) in [6.07, 6.45) is 3.48. The van der Waals surface area contributed by atoms with Crippen LogP contribution in [0, 0.1) is 5.92 Å². The minimum absolute atomic E-state index is 0. The first-order chi connectivity index (χ1) is 7.33. The summed E-state index contributed by atoms with van der Waals surface area (Å²) in [7, 11) is 0. The third-order valence-corrected chi connectivity index (χ3v) is 3.14. The van der Waals surface area contributed by atoms with Crippen molar-refractivity contribution in [1.29, 1.82) is 0 Å². The van der Waals surface area contributed by atoms with Crippen molar-refractivity contribution in [2.75, 3.05) is 0 Å². The number of hydrogen-bond acceptors (Lipinski definition) is 3. The number of nitrogens with two attached hydrogens (primary N) is 2. The van der Waals surface area contributed by atoms with Crippen LogP contribution in [0.2, 0.25) is 0 Å². The Labute approximate surface area is 108 Å². The molecule has 1 rings (SSSR count). The smallest absolute Gasteiger partial charge is 0.242 e. The highest BCUT2D eigenvalue weighted by Crippen LogP contribution is 2.23. The van der Waals surface area contributed by atoms with Crippen molar-refractivity contribution < 1.29 is 9.59 Å². The summed E-state index contributed by atoms with van der Waals surface area (Å²) in [4.78, 5) is 23.0. The second kappa shape index (κ2) is 6.21. The highest BCUT2D eigenvalue weighted by molar-refractivity contribution is 5.90. The fourth-order valence-electron chi connectivity index (χ4n) is 1.94. The molecule has 1 fully saturated rings. The summed E-state index contributed by atoms with van der Waals surface area (Å²) < 4.78 is 0. The number of carbonyl (C=O) groups is 2. The van der Waals surface area contributed by atoms with E-state index in [2.05, 4.69) is 5.32 Å². The van der Waals surface area contributed by atoms with Crippen LogP contribution >= 0.6 is 12.4 Å². The topological polar surface area (TPSA) is 98.2 Å². The summed E-state index contributed by atoms with van der Waals surface area (Å²) in [6, 6.07) is 0.0983. The monoisotopic (exact) mass is 263 g/mol. The molecule has 1 saturated carbocycles. The van der Waals surface area contributed by atoms with Crippen molar-refractivity contribution >= 4 is 24.2 Å². The van der Waals surface area contributed by atoms with E-state index in [-0.39, 0.29) is 30.3 Å². The highest BCUT2D eigenvalue weighted by atomic mass is 35.5. The van der Waals surface area contributed by atoms with E-state index in [0.717, 1.165) is 19.3 Å². The fraction of sp³-hybridized carbons (Fsp3) is 0.818. The maximum absolute atomic E-state index is 11.9. The Bertz CT molecular complexity index is 294. The van der Waals surface area contributed by atoms with Gasteiger partial charge in [0, 0.05) is 12.0 Å². The molecule has 1 aliphatic carbocycles. The van der Waals surface area contributed by atoms with Crippen LogP contribution in [-0.4, -0.2) is 23.4 Å². The van der Waals surface area contributed by atoms with Crippen LogP contribution in [0.3, 0.4) is 0 Å². The van der Waals surface area contributed by atoms with Gasteiger partial charge in [0.1, 0.15) is 5.54 Å². The molecule has 2 atom stereocenters. The van der Waals surface area contributed by atoms with Crippen molar-refractivity contribution in [3.05, 3.63) is 0 Å². The lowest BCUT2D eigenvalue weighted by atomic mass is 9.85. The quantitative estimate of drug-likeness (QED) is 0.683. The van der Waals surface area contributed by atoms with Gasteiger partial charge >= 0.3 is 0 Å². The third kappa shape index (κ3) is 4.52. The molecule has 100 valence electrons. The van der Waals surface area contributed by atoms with E-state index >= 15 is 0 Å². The lowest BCUT2D eigenvalue weighted by Crippen LogP contribution is -2.55. The Morgan fingerprint density at radius 2 is 1.88 bits per heavy atom. The first kappa shape index (κ1) is 16.2. The molecule has 1 aliphatic rings. The Balaban J connectivity index is 0.00000256. The van der Waals surface area contributed by atoms with E-state index in [4.69, 9.17) is 11.5 Å². The van der Waals surface area contributed by atoms with E-state index in [0.29, 0.717) is 6.42 Å². The van der Waals surface area contributed by atoms with Crippen molar-refractivity contribution in [1.82, 2.24) is 5.32 Å². The van der Waals surface area contributed by atoms with Crippen molar-refractivity contribution in [3.8, 4) is 0 Å². The molecule has 0 aromatic heterocycles. The molecule has 2 unspecified atom stereocenters. The van der Waals surface area contributed by atoms with Crippen LogP contribution < -0.4 is 16.8 Å². The zero-order valence-corrected chi connectivity index (χ0v) is 11.2. The predicted octanol–water partition coefficient (Wildman–Crippen LogP) is 0.306. The van der Waals surface area contributed by atoms with E-state index in [1.54, 1.807) is 13.8 Å². The molecule has 0 bridgehead atoms. The second-order valence-electron chi connectivity index (χ2n) is 5.10. The zero-order chi connectivity index (χ0) is 12.3. The maximum Gasteiger partial charge on any atom is 0.242 e. The van der Waals surface area contributed by atoms with Crippen molar-refractivity contribution in [2.24, 2.45) is 17.4 Å². The standard InChI is InChI=1S/C11H21N3O2.ClH/c1-11(2,10(13)16)14-9(15)7-4-3-5-8(12)6-7;/h7-8H,3-6,12H2,1-2H3,(H2,13,16)(H,14,15);1H. The van der Waals surface area contributed by atoms with Gasteiger partial charge in [0.2, 0.25) is 11.8 Å². The molecule has 0 aliphatic heterocycles. The van der Waals surface area contributed by atoms with E-state index in [9.17, 15) is 9.59 Å². The minimum atomic E-state index is -0.987. The Kier molecular flexibility index (Phi) is 5.92. The highest BCUT2D eigenvalue weighted by Gasteiger charge is 2.32. The summed E-state index contributed by atoms with van der Waals surface area (Å²) in [5, 5.41) is 2.68. The summed E-state index contributed by atoms with van der Waals surface area (Å²) in [5.74, 6) is -0.720. The lowest BCUT2D eigenvalue weighted by Gasteiger charge is -2.29. The first-order valence-electron chi connectivity index (χ1n) is 5.70. The van der Waals surface area contributed by atoms with E-state index in [1.807, 2.05) is 0 Å². The Morgan fingerprint density at radius 3 is 2.35 bits per heavy atom. The normalized spacial score (nSPS) is 24.6. The van der Waals surface area contributed by atoms with Gasteiger partial charge in [0.05, 0.1) is 0 Å². The fourth-order valence-corrected chi connectivity index (χ4v) is 1.94. The average Bonchev–Trinajstić information content (AvgIpc) is 2.16. The largest absolute Gasteiger partial charge is 0.368 e. The molecule has 0 saturated heterocycles. The Morgan fingerprint density at radius 1 is 1.29 bits per heavy atom. The van der Waals surface area contributed by atoms with Gasteiger partial charge in [-0.1, -0.05) is 6.42 Å². The molecule has 5 N–H and O–H groups in total. The number of primary amides is 1. The molecule has 0 radical (unpaired) electrons. The lowest BCUT2D eigenvalue weighted by molar-refractivity contribution is -0.133. The predicted molar refractivity (Wildman–Crippen MR) is 68.6 cm³/mol. The van der Waals surface area contributed by atoms with Crippen LogP contribution in [0.4, 0.5) is 0 Å². The van der Waals surface area contributed by atoms with Crippen molar-refractivity contribution in [3.63, 3.8) is 0 Å². The number of halogens is 1. The molecule has 2 amide bonds. The summed E-state index contributed by atoms with van der Waals surface area (Å²) in [6.45, 7) is 3.21. The molecule has 0 spiro atoms. The summed E-state index contributed by atoms with van der Waals surface area (Å²) in [5.41, 5.74) is 10.0. The van der Waals surface area contributed by atoms with Gasteiger partial charge in [-0.3, -0.25) is 9.59 Å². The number of nitrogens with one attached hydrogen (secondary N) is 1. The van der Waals surface area contributed by atoms with Crippen LogP contribution in [0.15, 0.2) is 0 Å². The van der Waals surface area contributed by atoms with Crippen LogP contribution in [-0.2, 0) is 9.59 Å². The van der Waals surface area contributed by atoms with Gasteiger partial charge in [-0.05, 0) is 33.1 Å². The van der Waals surface area contributed by atoms with E-state index < -0.39 is 11.4 Å². The molecular weight excluding hydrogens is 242 g/mol. The van der Waals surface area contributed by atoms with Gasteiger partial charge in [-0.2, -0.15) is 0 Å². The molecule has 5 nitrogen and oxygen atoms in total. The second-order valence-corrected chi connectivity index (χ2v) is 5.10. The molecule has 0 aromatic rings. The van der Waals surface area contributed by atoms with Gasteiger partial charge in [0.25, 0.3) is 0 Å². The maximum atomic E-state index is 11.9. The molecule has 17 heavy (non-hydrogen) atoms. The SMILES string of the molecule is CC(C)(NC(=O)C1CCCC(N)C1)C(N)=O.Cl. The van der Waals surface area contributed by atoms with Gasteiger partial charge in [-0.25, -0.2) is 0 Å². The molecule has 0 heterocycles. The number of amides is 2. The summed E-state index contributed by atoms with van der Waals surface area (Å²) >= 11 is 0. The molecule has 6 heteroatoms. The van der Waals surface area contributed by atoms with E-state index in [1.165, 1.54) is 0 Å². The van der Waals surface area contributed by atoms with Crippen molar-refractivity contribution in [2.45, 2.75) is 51.1 Å². The molecule has 0 aromatic carbocycles. The Hall–Kier alpha value is -0.810. The zero-order valence-electron chi connectivity index (χ0n) is 10.4. The number of carbonyl (C=O) groups excluding carboxylic acids is 2. The van der Waals surface area contributed by atoms with Gasteiger partial charge < -0.3 is 16.8 Å². The van der Waals surface area contributed by atoms with Crippen LogP contribution in [0.25, 0.3) is 0 Å². The molecular formula is C11H22ClN3O2. The van der Waals surface area contributed by atoms with Crippen LogP contribution in [0.5, 0.6) is 0 Å². The van der Waals surface area contributed by atoms with Gasteiger partial charge in [-0.15, -0.1) is 12.4 Å². The van der Waals surface area contributed by atoms with Crippen LogP contribution in [0.1, 0.15) is 39.5 Å². The number of hydrogen-bond donors (Lipinski definition) is 3. The third-order valence-electron chi connectivity index (χ3n) is 3.14. The first-order valence-corrected chi connectivity index (χ1v) is 5.70. The van der Waals surface area contributed by atoms with Gasteiger partial charge in [0.15, 0.2) is 0 Å².